The van der Waals surface area contributed by atoms with Crippen LogP contribution in [0.5, 0.6) is 0 Å². The molecule has 1 aromatic rings. The van der Waals surface area contributed by atoms with Crippen molar-refractivity contribution in [2.24, 2.45) is 0 Å². The fourth-order valence-corrected chi connectivity index (χ4v) is 2.03. The predicted octanol–water partition coefficient (Wildman–Crippen LogP) is 3.81. The molecule has 18 heavy (non-hydrogen) atoms. The van der Waals surface area contributed by atoms with Crippen molar-refractivity contribution in [1.82, 2.24) is 4.90 Å². The molecule has 1 aromatic carbocycles. The molecule has 0 aliphatic carbocycles. The number of nitrogen functional groups attached to an aromatic ring is 1. The van der Waals surface area contributed by atoms with Crippen LogP contribution in [0.3, 0.4) is 0 Å². The van der Waals surface area contributed by atoms with E-state index in [9.17, 15) is 4.39 Å². The number of rotatable bonds is 7. The van der Waals surface area contributed by atoms with Gasteiger partial charge in [0.15, 0.2) is 0 Å². The Hall–Kier alpha value is -1.09. The fraction of sp³-hybridized carbons (Fsp3) is 0.600. The van der Waals surface area contributed by atoms with Crippen molar-refractivity contribution in [3.63, 3.8) is 0 Å². The van der Waals surface area contributed by atoms with Crippen LogP contribution >= 0.6 is 0 Å². The molecule has 102 valence electrons. The largest absolute Gasteiger partial charge is 0.398 e. The van der Waals surface area contributed by atoms with Crippen molar-refractivity contribution in [2.45, 2.75) is 52.6 Å². The van der Waals surface area contributed by atoms with Crippen molar-refractivity contribution < 1.29 is 4.39 Å². The first-order valence-corrected chi connectivity index (χ1v) is 6.83. The second-order valence-electron chi connectivity index (χ2n) is 5.08. The minimum Gasteiger partial charge on any atom is -0.398 e. The van der Waals surface area contributed by atoms with E-state index >= 15 is 0 Å². The average molecular weight is 252 g/mol. The number of hydrogen-bond acceptors (Lipinski definition) is 2. The van der Waals surface area contributed by atoms with E-state index in [-0.39, 0.29) is 5.82 Å². The molecular weight excluding hydrogens is 227 g/mol. The molecule has 0 unspecified atom stereocenters. The molecule has 0 amide bonds. The lowest BCUT2D eigenvalue weighted by atomic mass is 10.1. The molecule has 0 aliphatic rings. The Bertz CT molecular complexity index is 343. The molecule has 0 spiro atoms. The molecule has 2 N–H and O–H groups in total. The van der Waals surface area contributed by atoms with Crippen LogP contribution in [0, 0.1) is 5.82 Å². The van der Waals surface area contributed by atoms with E-state index in [1.165, 1.54) is 18.9 Å². The highest BCUT2D eigenvalue weighted by molar-refractivity contribution is 5.47. The fourth-order valence-electron chi connectivity index (χ4n) is 2.03. The van der Waals surface area contributed by atoms with E-state index in [4.69, 9.17) is 5.73 Å². The van der Waals surface area contributed by atoms with Gasteiger partial charge in [0.2, 0.25) is 0 Å². The van der Waals surface area contributed by atoms with Gasteiger partial charge in [-0.15, -0.1) is 0 Å². The third-order valence-electron chi connectivity index (χ3n) is 3.30. The van der Waals surface area contributed by atoms with E-state index in [1.54, 1.807) is 12.1 Å². The summed E-state index contributed by atoms with van der Waals surface area (Å²) in [4.78, 5) is 2.28. The molecule has 0 saturated heterocycles. The molecule has 0 heterocycles. The van der Waals surface area contributed by atoms with Gasteiger partial charge in [-0.05, 0) is 38.9 Å². The van der Waals surface area contributed by atoms with Crippen LogP contribution in [0.4, 0.5) is 10.1 Å². The number of halogens is 1. The summed E-state index contributed by atoms with van der Waals surface area (Å²) >= 11 is 0. The van der Waals surface area contributed by atoms with Gasteiger partial charge in [0.1, 0.15) is 5.82 Å². The number of nitrogens with two attached hydrogens (primary N) is 1. The van der Waals surface area contributed by atoms with Gasteiger partial charge in [0.05, 0.1) is 0 Å². The summed E-state index contributed by atoms with van der Waals surface area (Å²) in [7, 11) is 0. The summed E-state index contributed by atoms with van der Waals surface area (Å²) < 4.78 is 13.8. The minimum absolute atomic E-state index is 0.198. The van der Waals surface area contributed by atoms with E-state index in [2.05, 4.69) is 25.7 Å². The van der Waals surface area contributed by atoms with Gasteiger partial charge in [-0.25, -0.2) is 4.39 Å². The normalized spacial score (nSPS) is 11.4. The highest BCUT2D eigenvalue weighted by atomic mass is 19.1. The van der Waals surface area contributed by atoms with Crippen molar-refractivity contribution in [3.8, 4) is 0 Å². The Balaban J connectivity index is 2.71. The monoisotopic (exact) mass is 252 g/mol. The summed E-state index contributed by atoms with van der Waals surface area (Å²) in [5.41, 5.74) is 7.04. The zero-order valence-electron chi connectivity index (χ0n) is 11.7. The standard InChI is InChI=1S/C15H25FN2/c1-4-5-6-10-18(12(2)3)11-13-14(16)8-7-9-15(13)17/h7-9,12H,4-6,10-11,17H2,1-3H3. The van der Waals surface area contributed by atoms with Crippen LogP contribution in [0.1, 0.15) is 45.6 Å². The van der Waals surface area contributed by atoms with Crippen molar-refractivity contribution in [3.05, 3.63) is 29.6 Å². The Labute approximate surface area is 110 Å². The van der Waals surface area contributed by atoms with Crippen LogP contribution in [0.15, 0.2) is 18.2 Å². The van der Waals surface area contributed by atoms with Gasteiger partial charge < -0.3 is 5.73 Å². The molecule has 0 bridgehead atoms. The van der Waals surface area contributed by atoms with Crippen molar-refractivity contribution >= 4 is 5.69 Å². The maximum absolute atomic E-state index is 13.8. The van der Waals surface area contributed by atoms with Gasteiger partial charge in [0.25, 0.3) is 0 Å². The minimum atomic E-state index is -0.198. The summed E-state index contributed by atoms with van der Waals surface area (Å²) in [6.45, 7) is 8.07. The Morgan fingerprint density at radius 1 is 1.28 bits per heavy atom. The molecule has 0 fully saturated rings. The maximum Gasteiger partial charge on any atom is 0.129 e. The highest BCUT2D eigenvalue weighted by Crippen LogP contribution is 2.19. The van der Waals surface area contributed by atoms with Crippen LogP contribution in [0.25, 0.3) is 0 Å². The Morgan fingerprint density at radius 3 is 2.56 bits per heavy atom. The third-order valence-corrected chi connectivity index (χ3v) is 3.30. The van der Waals surface area contributed by atoms with Crippen LogP contribution in [-0.4, -0.2) is 17.5 Å². The summed E-state index contributed by atoms with van der Waals surface area (Å²) in [6, 6.07) is 5.31. The quantitative estimate of drug-likeness (QED) is 0.590. The lowest BCUT2D eigenvalue weighted by Gasteiger charge is -2.27. The molecule has 2 nitrogen and oxygen atoms in total. The topological polar surface area (TPSA) is 29.3 Å². The molecular formula is C15H25FN2. The van der Waals surface area contributed by atoms with Crippen LogP contribution in [0.2, 0.25) is 0 Å². The number of hydrogen-bond donors (Lipinski definition) is 1. The molecule has 0 aliphatic heterocycles. The van der Waals surface area contributed by atoms with Crippen molar-refractivity contribution in [2.75, 3.05) is 12.3 Å². The zero-order chi connectivity index (χ0) is 13.5. The predicted molar refractivity (Wildman–Crippen MR) is 75.9 cm³/mol. The maximum atomic E-state index is 13.8. The highest BCUT2D eigenvalue weighted by Gasteiger charge is 2.14. The lowest BCUT2D eigenvalue weighted by Crippen LogP contribution is -2.32. The first-order chi connectivity index (χ1) is 8.56. The smallest absolute Gasteiger partial charge is 0.129 e. The number of nitrogens with zero attached hydrogens (tertiary/aromatic N) is 1. The van der Waals surface area contributed by atoms with E-state index < -0.39 is 0 Å². The molecule has 0 radical (unpaired) electrons. The molecule has 0 aromatic heterocycles. The van der Waals surface area contributed by atoms with E-state index in [1.807, 2.05) is 0 Å². The van der Waals surface area contributed by atoms with Gasteiger partial charge in [-0.2, -0.15) is 0 Å². The van der Waals surface area contributed by atoms with Crippen molar-refractivity contribution in [1.29, 1.82) is 0 Å². The second kappa shape index (κ2) is 7.37. The summed E-state index contributed by atoms with van der Waals surface area (Å²) in [6.07, 6.45) is 3.58. The van der Waals surface area contributed by atoms with Gasteiger partial charge in [-0.1, -0.05) is 25.8 Å². The molecule has 0 saturated carbocycles. The van der Waals surface area contributed by atoms with Gasteiger partial charge in [-0.3, -0.25) is 4.90 Å². The summed E-state index contributed by atoms with van der Waals surface area (Å²) in [5.74, 6) is -0.198. The lowest BCUT2D eigenvalue weighted by molar-refractivity contribution is 0.206. The zero-order valence-corrected chi connectivity index (χ0v) is 11.7. The number of unbranched alkanes of at least 4 members (excludes halogenated alkanes) is 2. The Morgan fingerprint density at radius 2 is 2.00 bits per heavy atom. The third kappa shape index (κ3) is 4.30. The number of anilines is 1. The van der Waals surface area contributed by atoms with Gasteiger partial charge >= 0.3 is 0 Å². The Kier molecular flexibility index (Phi) is 6.13. The van der Waals surface area contributed by atoms with Gasteiger partial charge in [0, 0.05) is 23.8 Å². The van der Waals surface area contributed by atoms with E-state index in [0.29, 0.717) is 23.8 Å². The second-order valence-corrected chi connectivity index (χ2v) is 5.08. The number of benzene rings is 1. The summed E-state index contributed by atoms with van der Waals surface area (Å²) in [5, 5.41) is 0. The molecule has 1 rings (SSSR count). The molecule has 3 heteroatoms. The SMILES string of the molecule is CCCCCN(Cc1c(N)cccc1F)C(C)C. The first kappa shape index (κ1) is 15.0. The average Bonchev–Trinajstić information content (AvgIpc) is 2.31. The first-order valence-electron chi connectivity index (χ1n) is 6.83. The van der Waals surface area contributed by atoms with Crippen LogP contribution < -0.4 is 5.73 Å². The van der Waals surface area contributed by atoms with Crippen LogP contribution in [-0.2, 0) is 6.54 Å². The molecule has 0 atom stereocenters. The van der Waals surface area contributed by atoms with E-state index in [0.717, 1.165) is 13.0 Å².